The smallest absolute Gasteiger partial charge is 0.240 e. The molecule has 8 nitrogen and oxygen atoms in total. The Morgan fingerprint density at radius 2 is 1.97 bits per heavy atom. The number of piperazine rings is 1. The van der Waals surface area contributed by atoms with Crippen molar-refractivity contribution in [2.45, 2.75) is 33.0 Å². The number of rotatable bonds is 10. The summed E-state index contributed by atoms with van der Waals surface area (Å²) in [4.78, 5) is 11.1. The monoisotopic (exact) mass is 403 g/mol. The molecule has 160 valence electrons. The summed E-state index contributed by atoms with van der Waals surface area (Å²) in [7, 11) is 2.01. The standard InChI is InChI=1S/C21H33N5O3/c1-4-25-8-10-26(11-9-25)14-19(27)16-28-20-7-5-6-18(12-20)13-24(3)15-21-22-17(2)23-29-21/h5-7,12,19,27H,4,8-11,13-16H2,1-3H3/t19-/m1/s1. The van der Waals surface area contributed by atoms with Gasteiger partial charge in [-0.1, -0.05) is 24.2 Å². The predicted octanol–water partition coefficient (Wildman–Crippen LogP) is 1.39. The lowest BCUT2D eigenvalue weighted by atomic mass is 10.2. The van der Waals surface area contributed by atoms with Crippen LogP contribution in [0.5, 0.6) is 5.75 Å². The number of nitrogens with zero attached hydrogens (tertiary/aromatic N) is 5. The molecule has 0 saturated carbocycles. The summed E-state index contributed by atoms with van der Waals surface area (Å²) in [5, 5.41) is 14.2. The van der Waals surface area contributed by atoms with E-state index in [0.717, 1.165) is 50.6 Å². The molecule has 0 aliphatic carbocycles. The zero-order valence-electron chi connectivity index (χ0n) is 17.8. The first-order valence-corrected chi connectivity index (χ1v) is 10.3. The lowest BCUT2D eigenvalue weighted by Crippen LogP contribution is -2.49. The molecule has 8 heteroatoms. The van der Waals surface area contributed by atoms with Gasteiger partial charge < -0.3 is 19.3 Å². The van der Waals surface area contributed by atoms with E-state index in [9.17, 15) is 5.11 Å². The zero-order valence-corrected chi connectivity index (χ0v) is 17.8. The van der Waals surface area contributed by atoms with Gasteiger partial charge in [0.15, 0.2) is 5.82 Å². The molecule has 1 saturated heterocycles. The van der Waals surface area contributed by atoms with E-state index >= 15 is 0 Å². The van der Waals surface area contributed by atoms with Gasteiger partial charge in [-0.3, -0.25) is 9.80 Å². The minimum atomic E-state index is -0.490. The highest BCUT2D eigenvalue weighted by Crippen LogP contribution is 2.16. The molecule has 29 heavy (non-hydrogen) atoms. The Hall–Kier alpha value is -2.00. The van der Waals surface area contributed by atoms with E-state index in [-0.39, 0.29) is 0 Å². The van der Waals surface area contributed by atoms with Crippen molar-refractivity contribution in [3.63, 3.8) is 0 Å². The average Bonchev–Trinajstić information content (AvgIpc) is 3.11. The second kappa shape index (κ2) is 10.7. The SMILES string of the molecule is CCN1CCN(C[C@@H](O)COc2cccc(CN(C)Cc3nc(C)no3)c2)CC1. The van der Waals surface area contributed by atoms with Crippen LogP contribution in [0.25, 0.3) is 0 Å². The number of aromatic nitrogens is 2. The fourth-order valence-electron chi connectivity index (χ4n) is 3.57. The largest absolute Gasteiger partial charge is 0.491 e. The van der Waals surface area contributed by atoms with Gasteiger partial charge in [-0.2, -0.15) is 4.98 Å². The molecule has 0 amide bonds. The summed E-state index contributed by atoms with van der Waals surface area (Å²) in [5.74, 6) is 2.04. The van der Waals surface area contributed by atoms with Crippen molar-refractivity contribution < 1.29 is 14.4 Å². The molecule has 1 fully saturated rings. The number of β-amino-alcohol motifs (C(OH)–C–C–N with tert-alkyl or cyclic N) is 1. The normalized spacial score (nSPS) is 17.0. The fourth-order valence-corrected chi connectivity index (χ4v) is 3.57. The van der Waals surface area contributed by atoms with E-state index in [1.807, 2.05) is 32.2 Å². The number of benzene rings is 1. The van der Waals surface area contributed by atoms with Gasteiger partial charge in [0.1, 0.15) is 18.5 Å². The van der Waals surface area contributed by atoms with Crippen LogP contribution in [0.15, 0.2) is 28.8 Å². The van der Waals surface area contributed by atoms with Crippen molar-refractivity contribution in [1.82, 2.24) is 24.8 Å². The topological polar surface area (TPSA) is 78.1 Å². The molecule has 1 aliphatic rings. The molecule has 0 unspecified atom stereocenters. The van der Waals surface area contributed by atoms with E-state index in [1.165, 1.54) is 0 Å². The van der Waals surface area contributed by atoms with Crippen molar-refractivity contribution >= 4 is 0 Å². The highest BCUT2D eigenvalue weighted by atomic mass is 16.5. The first kappa shape index (κ1) is 21.7. The van der Waals surface area contributed by atoms with Gasteiger partial charge in [0.05, 0.1) is 6.54 Å². The van der Waals surface area contributed by atoms with E-state index in [1.54, 1.807) is 0 Å². The van der Waals surface area contributed by atoms with Crippen LogP contribution in [0.1, 0.15) is 24.2 Å². The van der Waals surface area contributed by atoms with E-state index in [2.05, 4.69) is 37.8 Å². The van der Waals surface area contributed by atoms with Crippen LogP contribution < -0.4 is 4.74 Å². The van der Waals surface area contributed by atoms with Crippen molar-refractivity contribution in [2.75, 3.05) is 52.9 Å². The van der Waals surface area contributed by atoms with E-state index < -0.39 is 6.10 Å². The quantitative estimate of drug-likeness (QED) is 0.638. The number of aliphatic hydroxyl groups is 1. The lowest BCUT2D eigenvalue weighted by molar-refractivity contribution is 0.0470. The fraction of sp³-hybridized carbons (Fsp3) is 0.619. The number of aryl methyl sites for hydroxylation is 1. The third-order valence-corrected chi connectivity index (χ3v) is 5.15. The summed E-state index contributed by atoms with van der Waals surface area (Å²) in [6, 6.07) is 7.98. The Kier molecular flexibility index (Phi) is 8.00. The van der Waals surface area contributed by atoms with Gasteiger partial charge in [-0.25, -0.2) is 0 Å². The van der Waals surface area contributed by atoms with Crippen LogP contribution in [0, 0.1) is 6.92 Å². The Morgan fingerprint density at radius 3 is 2.66 bits per heavy atom. The molecule has 1 atom stereocenters. The minimum absolute atomic E-state index is 0.300. The van der Waals surface area contributed by atoms with Crippen LogP contribution in [-0.2, 0) is 13.1 Å². The van der Waals surface area contributed by atoms with Gasteiger partial charge in [0, 0.05) is 39.3 Å². The summed E-state index contributed by atoms with van der Waals surface area (Å²) in [6.45, 7) is 11.5. The number of ether oxygens (including phenoxy) is 1. The maximum absolute atomic E-state index is 10.4. The number of hydrogen-bond donors (Lipinski definition) is 1. The van der Waals surface area contributed by atoms with Crippen LogP contribution >= 0.6 is 0 Å². The van der Waals surface area contributed by atoms with E-state index in [0.29, 0.717) is 31.4 Å². The molecular weight excluding hydrogens is 370 g/mol. The van der Waals surface area contributed by atoms with Crippen molar-refractivity contribution in [2.24, 2.45) is 0 Å². The third kappa shape index (κ3) is 7.08. The first-order chi connectivity index (χ1) is 14.0. The van der Waals surface area contributed by atoms with Crippen LogP contribution in [0.2, 0.25) is 0 Å². The van der Waals surface area contributed by atoms with Crippen LogP contribution in [-0.4, -0.2) is 89.0 Å². The number of likely N-dealkylation sites (N-methyl/N-ethyl adjacent to an activating group) is 1. The predicted molar refractivity (Wildman–Crippen MR) is 111 cm³/mol. The van der Waals surface area contributed by atoms with Gasteiger partial charge in [-0.05, 0) is 38.2 Å². The Labute approximate surface area is 173 Å². The van der Waals surface area contributed by atoms with Crippen molar-refractivity contribution in [1.29, 1.82) is 0 Å². The summed E-state index contributed by atoms with van der Waals surface area (Å²) >= 11 is 0. The molecule has 0 radical (unpaired) electrons. The maximum atomic E-state index is 10.4. The van der Waals surface area contributed by atoms with Crippen LogP contribution in [0.3, 0.4) is 0 Å². The highest BCUT2D eigenvalue weighted by molar-refractivity contribution is 5.28. The second-order valence-corrected chi connectivity index (χ2v) is 7.75. The van der Waals surface area contributed by atoms with Gasteiger partial charge in [0.2, 0.25) is 5.89 Å². The number of hydrogen-bond acceptors (Lipinski definition) is 8. The molecule has 1 N–H and O–H groups in total. The van der Waals surface area contributed by atoms with E-state index in [4.69, 9.17) is 9.26 Å². The Balaban J connectivity index is 1.42. The van der Waals surface area contributed by atoms with Gasteiger partial charge in [-0.15, -0.1) is 0 Å². The molecule has 1 aliphatic heterocycles. The van der Waals surface area contributed by atoms with Gasteiger partial charge in [0.25, 0.3) is 0 Å². The average molecular weight is 404 g/mol. The second-order valence-electron chi connectivity index (χ2n) is 7.75. The molecule has 0 spiro atoms. The highest BCUT2D eigenvalue weighted by Gasteiger charge is 2.18. The molecule has 2 heterocycles. The lowest BCUT2D eigenvalue weighted by Gasteiger charge is -2.34. The zero-order chi connectivity index (χ0) is 20.6. The summed E-state index contributed by atoms with van der Waals surface area (Å²) in [5.41, 5.74) is 1.13. The maximum Gasteiger partial charge on any atom is 0.240 e. The molecule has 1 aromatic heterocycles. The number of aliphatic hydroxyl groups excluding tert-OH is 1. The molecule has 0 bridgehead atoms. The molecule has 1 aromatic carbocycles. The Bertz CT molecular complexity index is 745. The first-order valence-electron chi connectivity index (χ1n) is 10.3. The van der Waals surface area contributed by atoms with Crippen molar-refractivity contribution in [3.8, 4) is 5.75 Å². The van der Waals surface area contributed by atoms with Crippen LogP contribution in [0.4, 0.5) is 0 Å². The summed E-state index contributed by atoms with van der Waals surface area (Å²) < 4.78 is 11.0. The molecular formula is C21H33N5O3. The van der Waals surface area contributed by atoms with Gasteiger partial charge >= 0.3 is 0 Å². The molecule has 3 rings (SSSR count). The third-order valence-electron chi connectivity index (χ3n) is 5.15. The Morgan fingerprint density at radius 1 is 1.21 bits per heavy atom. The minimum Gasteiger partial charge on any atom is -0.491 e. The van der Waals surface area contributed by atoms with Crippen molar-refractivity contribution in [3.05, 3.63) is 41.5 Å². The summed E-state index contributed by atoms with van der Waals surface area (Å²) in [6.07, 6.45) is -0.490. The molecule has 2 aromatic rings.